The lowest BCUT2D eigenvalue weighted by Crippen LogP contribution is -2.49. The molecule has 2 aliphatic rings. The quantitative estimate of drug-likeness (QED) is 0.210. The van der Waals surface area contributed by atoms with Gasteiger partial charge in [-0.15, -0.1) is 13.2 Å². The van der Waals surface area contributed by atoms with Crippen LogP contribution in [0.25, 0.3) is 11.1 Å². The molecule has 0 radical (unpaired) electrons. The number of anilines is 2. The highest BCUT2D eigenvalue weighted by atomic mass is 35.5. The highest BCUT2D eigenvalue weighted by molar-refractivity contribution is 6.31. The van der Waals surface area contributed by atoms with E-state index in [1.807, 2.05) is 40.1 Å². The number of aromatic nitrogens is 2. The van der Waals surface area contributed by atoms with Gasteiger partial charge in [0.15, 0.2) is 5.69 Å². The standard InChI is InChI=1S/C30H30ClF6N5O5/c31-20-5-8-23(25(16-20)41-9-1-2-22(18-41)42-26(29(32,33)34)24(17-38-42)27(43)44)19-3-6-21(7-4-19)39-10-12-40(13-11-39)28(45)46-14-15-47-30(35,36)37/h3-8,16-17,22H,1-2,9-15,18H2,(H,43,44). The molecule has 0 bridgehead atoms. The minimum atomic E-state index is -4.90. The van der Waals surface area contributed by atoms with Gasteiger partial charge in [-0.25, -0.2) is 9.59 Å². The zero-order valence-corrected chi connectivity index (χ0v) is 25.5. The number of carboxylic acid groups (broad SMARTS) is 1. The predicted octanol–water partition coefficient (Wildman–Crippen LogP) is 6.56. The lowest BCUT2D eigenvalue weighted by molar-refractivity contribution is -0.326. The summed E-state index contributed by atoms with van der Waals surface area (Å²) in [4.78, 5) is 29.1. The molecule has 3 aromatic rings. The number of hydrogen-bond donors (Lipinski definition) is 1. The Kier molecular flexibility index (Phi) is 10.1. The number of piperidine rings is 1. The highest BCUT2D eigenvalue weighted by Gasteiger charge is 2.42. The van der Waals surface area contributed by atoms with Gasteiger partial charge in [-0.2, -0.15) is 18.3 Å². The lowest BCUT2D eigenvalue weighted by atomic mass is 9.99. The summed E-state index contributed by atoms with van der Waals surface area (Å²) in [7, 11) is 0. The number of ether oxygens (including phenoxy) is 2. The molecule has 1 unspecified atom stereocenters. The molecule has 2 aromatic carbocycles. The summed E-state index contributed by atoms with van der Waals surface area (Å²) in [6.07, 6.45) is -8.76. The van der Waals surface area contributed by atoms with E-state index in [9.17, 15) is 41.0 Å². The Morgan fingerprint density at radius 3 is 2.28 bits per heavy atom. The van der Waals surface area contributed by atoms with E-state index in [1.165, 1.54) is 4.90 Å². The van der Waals surface area contributed by atoms with E-state index in [-0.39, 0.29) is 6.54 Å². The molecule has 1 aromatic heterocycles. The zero-order valence-electron chi connectivity index (χ0n) is 24.7. The molecule has 2 fully saturated rings. The molecule has 47 heavy (non-hydrogen) atoms. The van der Waals surface area contributed by atoms with Crippen LogP contribution >= 0.6 is 11.6 Å². The van der Waals surface area contributed by atoms with Crippen LogP contribution in [-0.2, 0) is 15.7 Å². The fourth-order valence-electron chi connectivity index (χ4n) is 5.84. The largest absolute Gasteiger partial charge is 0.522 e. The van der Waals surface area contributed by atoms with Gasteiger partial charge in [0.05, 0.1) is 18.8 Å². The predicted molar refractivity (Wildman–Crippen MR) is 159 cm³/mol. The molecule has 0 saturated carbocycles. The molecule has 2 aliphatic heterocycles. The van der Waals surface area contributed by atoms with Gasteiger partial charge in [0, 0.05) is 61.2 Å². The van der Waals surface area contributed by atoms with Crippen LogP contribution in [0.4, 0.5) is 42.5 Å². The van der Waals surface area contributed by atoms with Gasteiger partial charge in [-0.1, -0.05) is 29.8 Å². The molecule has 5 rings (SSSR count). The average molecular weight is 690 g/mol. The first kappa shape index (κ1) is 34.2. The Balaban J connectivity index is 1.26. The van der Waals surface area contributed by atoms with Gasteiger partial charge in [0.25, 0.3) is 0 Å². The number of carbonyl (C=O) groups excluding carboxylic acids is 1. The van der Waals surface area contributed by atoms with Crippen molar-refractivity contribution >= 4 is 35.0 Å². The molecule has 1 atom stereocenters. The maximum absolute atomic E-state index is 13.9. The number of hydrogen-bond acceptors (Lipinski definition) is 7. The minimum Gasteiger partial charge on any atom is -0.478 e. The summed E-state index contributed by atoms with van der Waals surface area (Å²) in [5.74, 6) is -1.70. The molecule has 1 N–H and O–H groups in total. The van der Waals surface area contributed by atoms with E-state index in [1.54, 1.807) is 12.1 Å². The molecule has 0 spiro atoms. The number of aromatic carboxylic acids is 1. The van der Waals surface area contributed by atoms with Gasteiger partial charge in [-0.05, 0) is 42.7 Å². The molecule has 1 amide bonds. The third kappa shape index (κ3) is 8.22. The minimum absolute atomic E-state index is 0.150. The normalized spacial score (nSPS) is 17.6. The van der Waals surface area contributed by atoms with E-state index in [0.29, 0.717) is 56.3 Å². The molecule has 254 valence electrons. The van der Waals surface area contributed by atoms with Crippen LogP contribution in [0.15, 0.2) is 48.7 Å². The van der Waals surface area contributed by atoms with Crippen molar-refractivity contribution in [3.63, 3.8) is 0 Å². The van der Waals surface area contributed by atoms with Crippen molar-refractivity contribution in [2.24, 2.45) is 0 Å². The maximum Gasteiger partial charge on any atom is 0.522 e. The van der Waals surface area contributed by atoms with E-state index in [0.717, 1.165) is 27.7 Å². The van der Waals surface area contributed by atoms with Crippen molar-refractivity contribution in [3.8, 4) is 11.1 Å². The van der Waals surface area contributed by atoms with E-state index < -0.39 is 55.1 Å². The van der Waals surface area contributed by atoms with Gasteiger partial charge >= 0.3 is 24.6 Å². The van der Waals surface area contributed by atoms with Crippen LogP contribution in [0, 0.1) is 0 Å². The molecule has 0 aliphatic carbocycles. The summed E-state index contributed by atoms with van der Waals surface area (Å²) in [6, 6.07) is 12.2. The molecule has 3 heterocycles. The van der Waals surface area contributed by atoms with Crippen molar-refractivity contribution in [1.29, 1.82) is 0 Å². The first-order valence-corrected chi connectivity index (χ1v) is 15.0. The number of amides is 1. The summed E-state index contributed by atoms with van der Waals surface area (Å²) in [5.41, 5.74) is 1.03. The Morgan fingerprint density at radius 1 is 0.936 bits per heavy atom. The lowest BCUT2D eigenvalue weighted by Gasteiger charge is -2.36. The SMILES string of the molecule is O=C(O)c1cnn(C2CCCN(c3cc(Cl)ccc3-c3ccc(N4CCN(C(=O)OCCOC(F)(F)F)CC4)cc3)C2)c1C(F)(F)F. The maximum atomic E-state index is 13.9. The zero-order chi connectivity index (χ0) is 33.9. The third-order valence-electron chi connectivity index (χ3n) is 7.99. The fourth-order valence-corrected chi connectivity index (χ4v) is 6.00. The second-order valence-corrected chi connectivity index (χ2v) is 11.4. The Bertz CT molecular complexity index is 1570. The van der Waals surface area contributed by atoms with Crippen LogP contribution in [0.2, 0.25) is 5.02 Å². The van der Waals surface area contributed by atoms with Crippen LogP contribution < -0.4 is 9.80 Å². The summed E-state index contributed by atoms with van der Waals surface area (Å²) >= 11 is 6.36. The first-order valence-electron chi connectivity index (χ1n) is 14.6. The Labute approximate surface area is 270 Å². The number of nitrogens with zero attached hydrogens (tertiary/aromatic N) is 5. The molecule has 10 nitrogen and oxygen atoms in total. The number of carbonyl (C=O) groups is 2. The van der Waals surface area contributed by atoms with Crippen LogP contribution in [0.3, 0.4) is 0 Å². The number of carboxylic acids is 1. The molecule has 17 heteroatoms. The molecular weight excluding hydrogens is 660 g/mol. The van der Waals surface area contributed by atoms with Gasteiger partial charge < -0.3 is 24.5 Å². The summed E-state index contributed by atoms with van der Waals surface area (Å²) in [5, 5.41) is 13.6. The topological polar surface area (TPSA) is 100 Å². The van der Waals surface area contributed by atoms with Crippen molar-refractivity contribution in [3.05, 3.63) is 64.9 Å². The second kappa shape index (κ2) is 13.9. The fraction of sp³-hybridized carbons (Fsp3) is 0.433. The van der Waals surface area contributed by atoms with Crippen molar-refractivity contribution in [1.82, 2.24) is 14.7 Å². The van der Waals surface area contributed by atoms with Crippen molar-refractivity contribution in [2.75, 3.05) is 62.3 Å². The van der Waals surface area contributed by atoms with Crippen LogP contribution in [-0.4, -0.2) is 90.7 Å². The highest BCUT2D eigenvalue weighted by Crippen LogP contribution is 2.39. The van der Waals surface area contributed by atoms with Gasteiger partial charge in [-0.3, -0.25) is 9.42 Å². The first-order chi connectivity index (χ1) is 22.2. The van der Waals surface area contributed by atoms with Crippen molar-refractivity contribution < 1.29 is 50.5 Å². The van der Waals surface area contributed by atoms with Gasteiger partial charge in [0.2, 0.25) is 0 Å². The number of benzene rings is 2. The van der Waals surface area contributed by atoms with Crippen LogP contribution in [0.1, 0.15) is 34.9 Å². The smallest absolute Gasteiger partial charge is 0.478 e. The Morgan fingerprint density at radius 2 is 1.64 bits per heavy atom. The summed E-state index contributed by atoms with van der Waals surface area (Å²) in [6.45, 7) is 0.921. The van der Waals surface area contributed by atoms with Crippen LogP contribution in [0.5, 0.6) is 0 Å². The van der Waals surface area contributed by atoms with E-state index in [2.05, 4.69) is 9.84 Å². The monoisotopic (exact) mass is 689 g/mol. The van der Waals surface area contributed by atoms with E-state index >= 15 is 0 Å². The molecule has 2 saturated heterocycles. The number of rotatable bonds is 8. The second-order valence-electron chi connectivity index (χ2n) is 11.0. The average Bonchev–Trinajstić information content (AvgIpc) is 3.50. The van der Waals surface area contributed by atoms with Gasteiger partial charge in [0.1, 0.15) is 12.2 Å². The number of piperazine rings is 1. The number of halogens is 7. The molecular formula is C30H30ClF6N5O5. The number of alkyl halides is 6. The summed E-state index contributed by atoms with van der Waals surface area (Å²) < 4.78 is 87.2. The third-order valence-corrected chi connectivity index (χ3v) is 8.23. The van der Waals surface area contributed by atoms with Crippen molar-refractivity contribution in [2.45, 2.75) is 31.4 Å². The van der Waals surface area contributed by atoms with E-state index in [4.69, 9.17) is 16.3 Å². The Hall–Kier alpha value is -4.18.